The summed E-state index contributed by atoms with van der Waals surface area (Å²) in [4.78, 5) is 24.7. The molecule has 0 aliphatic carbocycles. The Labute approximate surface area is 161 Å². The van der Waals surface area contributed by atoms with Crippen LogP contribution in [-0.2, 0) is 4.74 Å². The second-order valence-electron chi connectivity index (χ2n) is 6.89. The number of rotatable bonds is 2. The number of ether oxygens (including phenoxy) is 1. The molecule has 4 heterocycles. The summed E-state index contributed by atoms with van der Waals surface area (Å²) in [6.45, 7) is 3.71. The molecule has 0 saturated carbocycles. The molecule has 1 aromatic carbocycles. The standard InChI is InChI=1S/C20H20N4O2S/c25-19-18-17(23-20(27-18)24-7-9-26-10-8-24)16(4-6-22-19)14-2-1-13-3-5-21-12-15(13)11-14/h1-3,5,11-12,16H,4,6-10H2,(H,22,25). The molecule has 27 heavy (non-hydrogen) atoms. The highest BCUT2D eigenvalue weighted by Crippen LogP contribution is 2.38. The van der Waals surface area contributed by atoms with Crippen molar-refractivity contribution in [3.8, 4) is 0 Å². The van der Waals surface area contributed by atoms with Gasteiger partial charge in [-0.25, -0.2) is 4.98 Å². The Morgan fingerprint density at radius 1 is 1.19 bits per heavy atom. The number of hydrogen-bond donors (Lipinski definition) is 1. The number of aromatic nitrogens is 2. The van der Waals surface area contributed by atoms with Gasteiger partial charge in [0.1, 0.15) is 4.88 Å². The molecule has 2 aliphatic rings. The number of carbonyl (C=O) groups excluding carboxylic acids is 1. The summed E-state index contributed by atoms with van der Waals surface area (Å²) in [5.41, 5.74) is 2.09. The SMILES string of the molecule is O=C1NCCC(c2ccc3ccncc3c2)c2nc(N3CCOCC3)sc21. The smallest absolute Gasteiger partial charge is 0.263 e. The van der Waals surface area contributed by atoms with Crippen LogP contribution in [0, 0.1) is 0 Å². The van der Waals surface area contributed by atoms with Crippen LogP contribution in [-0.4, -0.2) is 48.7 Å². The fourth-order valence-corrected chi connectivity index (χ4v) is 4.90. The first kappa shape index (κ1) is 16.6. The van der Waals surface area contributed by atoms with Gasteiger partial charge in [-0.3, -0.25) is 9.78 Å². The zero-order valence-electron chi connectivity index (χ0n) is 14.9. The van der Waals surface area contributed by atoms with E-state index in [1.807, 2.05) is 18.5 Å². The van der Waals surface area contributed by atoms with Crippen molar-refractivity contribution in [3.63, 3.8) is 0 Å². The first-order valence-electron chi connectivity index (χ1n) is 9.25. The Morgan fingerprint density at radius 3 is 2.96 bits per heavy atom. The molecule has 1 fully saturated rings. The largest absolute Gasteiger partial charge is 0.378 e. The van der Waals surface area contributed by atoms with Crippen molar-refractivity contribution >= 4 is 33.1 Å². The van der Waals surface area contributed by atoms with Crippen LogP contribution in [0.25, 0.3) is 10.8 Å². The minimum atomic E-state index is -0.00744. The van der Waals surface area contributed by atoms with Gasteiger partial charge in [0.25, 0.3) is 5.91 Å². The number of pyridine rings is 1. The second-order valence-corrected chi connectivity index (χ2v) is 7.87. The third-order valence-electron chi connectivity index (χ3n) is 5.25. The number of benzene rings is 1. The molecule has 3 aromatic rings. The maximum Gasteiger partial charge on any atom is 0.263 e. The summed E-state index contributed by atoms with van der Waals surface area (Å²) in [7, 11) is 0. The zero-order valence-corrected chi connectivity index (χ0v) is 15.7. The van der Waals surface area contributed by atoms with Crippen LogP contribution in [0.1, 0.15) is 33.3 Å². The Morgan fingerprint density at radius 2 is 2.07 bits per heavy atom. The number of hydrogen-bond acceptors (Lipinski definition) is 6. The van der Waals surface area contributed by atoms with Crippen LogP contribution in [0.4, 0.5) is 5.13 Å². The molecule has 1 amide bonds. The lowest BCUT2D eigenvalue weighted by atomic mass is 9.91. The molecule has 138 valence electrons. The maximum atomic E-state index is 12.6. The summed E-state index contributed by atoms with van der Waals surface area (Å²) < 4.78 is 5.45. The number of amides is 1. The van der Waals surface area contributed by atoms with Gasteiger partial charge < -0.3 is 15.0 Å². The van der Waals surface area contributed by atoms with E-state index in [4.69, 9.17) is 9.72 Å². The van der Waals surface area contributed by atoms with Crippen LogP contribution in [0.2, 0.25) is 0 Å². The highest BCUT2D eigenvalue weighted by molar-refractivity contribution is 7.17. The first-order valence-corrected chi connectivity index (χ1v) is 10.1. The monoisotopic (exact) mass is 380 g/mol. The minimum Gasteiger partial charge on any atom is -0.378 e. The molecule has 2 aromatic heterocycles. The fraction of sp³-hybridized carbons (Fsp3) is 0.350. The lowest BCUT2D eigenvalue weighted by Gasteiger charge is -2.26. The molecular weight excluding hydrogens is 360 g/mol. The number of anilines is 1. The van der Waals surface area contributed by atoms with E-state index < -0.39 is 0 Å². The van der Waals surface area contributed by atoms with E-state index in [9.17, 15) is 4.79 Å². The van der Waals surface area contributed by atoms with Crippen LogP contribution < -0.4 is 10.2 Å². The van der Waals surface area contributed by atoms with E-state index >= 15 is 0 Å². The molecule has 0 bridgehead atoms. The lowest BCUT2D eigenvalue weighted by molar-refractivity contribution is 0.0960. The van der Waals surface area contributed by atoms with Crippen molar-refractivity contribution in [2.45, 2.75) is 12.3 Å². The fourth-order valence-electron chi connectivity index (χ4n) is 3.80. The van der Waals surface area contributed by atoms with Crippen molar-refractivity contribution in [2.24, 2.45) is 0 Å². The summed E-state index contributed by atoms with van der Waals surface area (Å²) >= 11 is 1.50. The number of fused-ring (bicyclic) bond motifs is 2. The Kier molecular flexibility index (Phi) is 4.26. The molecular formula is C20H20N4O2S. The molecule has 5 rings (SSSR count). The topological polar surface area (TPSA) is 67.4 Å². The molecule has 1 unspecified atom stereocenters. The zero-order chi connectivity index (χ0) is 18.2. The highest BCUT2D eigenvalue weighted by atomic mass is 32.1. The Hall–Kier alpha value is -2.51. The van der Waals surface area contributed by atoms with Crippen LogP contribution in [0.15, 0.2) is 36.7 Å². The summed E-state index contributed by atoms with van der Waals surface area (Å²) in [6, 6.07) is 8.48. The molecule has 7 heteroatoms. The highest BCUT2D eigenvalue weighted by Gasteiger charge is 2.30. The van der Waals surface area contributed by atoms with Crippen LogP contribution in [0.5, 0.6) is 0 Å². The van der Waals surface area contributed by atoms with E-state index in [0.717, 1.165) is 40.6 Å². The molecule has 1 atom stereocenters. The molecule has 0 spiro atoms. The number of nitrogens with zero attached hydrogens (tertiary/aromatic N) is 3. The predicted octanol–water partition coefficient (Wildman–Crippen LogP) is 2.79. The van der Waals surface area contributed by atoms with Crippen molar-refractivity contribution < 1.29 is 9.53 Å². The molecule has 1 saturated heterocycles. The third-order valence-corrected chi connectivity index (χ3v) is 6.38. The summed E-state index contributed by atoms with van der Waals surface area (Å²) in [5, 5.41) is 6.24. The summed E-state index contributed by atoms with van der Waals surface area (Å²) in [6.07, 6.45) is 4.54. The molecule has 1 N–H and O–H groups in total. The third kappa shape index (κ3) is 3.07. The summed E-state index contributed by atoms with van der Waals surface area (Å²) in [5.74, 6) is 0.0987. The van der Waals surface area contributed by atoms with Crippen LogP contribution >= 0.6 is 11.3 Å². The predicted molar refractivity (Wildman–Crippen MR) is 106 cm³/mol. The van der Waals surface area contributed by atoms with E-state index in [1.54, 1.807) is 0 Å². The van der Waals surface area contributed by atoms with Crippen molar-refractivity contribution in [2.75, 3.05) is 37.7 Å². The quantitative estimate of drug-likeness (QED) is 0.740. The van der Waals surface area contributed by atoms with Gasteiger partial charge in [-0.1, -0.05) is 23.5 Å². The van der Waals surface area contributed by atoms with Gasteiger partial charge in [-0.2, -0.15) is 0 Å². The van der Waals surface area contributed by atoms with Gasteiger partial charge >= 0.3 is 0 Å². The Bertz CT molecular complexity index is 997. The van der Waals surface area contributed by atoms with Gasteiger partial charge in [-0.05, 0) is 29.5 Å². The molecule has 0 radical (unpaired) electrons. The van der Waals surface area contributed by atoms with Gasteiger partial charge in [0.15, 0.2) is 5.13 Å². The van der Waals surface area contributed by atoms with E-state index in [2.05, 4.69) is 33.4 Å². The van der Waals surface area contributed by atoms with Crippen molar-refractivity contribution in [3.05, 3.63) is 52.8 Å². The molecule has 2 aliphatic heterocycles. The average molecular weight is 380 g/mol. The van der Waals surface area contributed by atoms with Gasteiger partial charge in [0.2, 0.25) is 0 Å². The number of nitrogens with one attached hydrogen (secondary N) is 1. The van der Waals surface area contributed by atoms with Crippen molar-refractivity contribution in [1.29, 1.82) is 0 Å². The van der Waals surface area contributed by atoms with E-state index in [1.165, 1.54) is 22.3 Å². The average Bonchev–Trinajstić information content (AvgIpc) is 3.10. The van der Waals surface area contributed by atoms with E-state index in [0.29, 0.717) is 19.8 Å². The minimum absolute atomic E-state index is 0.00744. The molecule has 6 nitrogen and oxygen atoms in total. The van der Waals surface area contributed by atoms with Gasteiger partial charge in [0, 0.05) is 43.3 Å². The second kappa shape index (κ2) is 6.90. The van der Waals surface area contributed by atoms with Crippen molar-refractivity contribution in [1.82, 2.24) is 15.3 Å². The maximum absolute atomic E-state index is 12.6. The van der Waals surface area contributed by atoms with Gasteiger partial charge in [-0.15, -0.1) is 0 Å². The lowest BCUT2D eigenvalue weighted by Crippen LogP contribution is -2.36. The first-order chi connectivity index (χ1) is 13.3. The number of morpholine rings is 1. The van der Waals surface area contributed by atoms with E-state index in [-0.39, 0.29) is 11.8 Å². The Balaban J connectivity index is 1.57. The number of carbonyl (C=O) groups is 1. The van der Waals surface area contributed by atoms with Gasteiger partial charge in [0.05, 0.1) is 18.9 Å². The normalized spacial score (nSPS) is 20.2. The van der Waals surface area contributed by atoms with Crippen LogP contribution in [0.3, 0.4) is 0 Å². The number of thiazole rings is 1.